The van der Waals surface area contributed by atoms with E-state index in [-0.39, 0.29) is 17.1 Å². The topological polar surface area (TPSA) is 82.8 Å². The van der Waals surface area contributed by atoms with Crippen LogP contribution in [-0.4, -0.2) is 26.0 Å². The van der Waals surface area contributed by atoms with Gasteiger partial charge >= 0.3 is 5.97 Å². The number of hydrogen-bond donors (Lipinski definition) is 0. The number of carbonyl (C=O) groups is 2. The fourth-order valence-corrected chi connectivity index (χ4v) is 1.13. The molecule has 0 aliphatic heterocycles. The molecule has 0 aliphatic carbocycles. The maximum atomic E-state index is 11.7. The van der Waals surface area contributed by atoms with Crippen LogP contribution in [0, 0.1) is 0 Å². The standard InChI is InChI=1S/C10H10O6/c1-5(11)8-9(14-2)7(12)6(4-16-8)10(13)15-3/h4H,1-3H3. The number of rotatable bonds is 3. The Balaban J connectivity index is 3.46. The van der Waals surface area contributed by atoms with Crippen LogP contribution in [0.3, 0.4) is 0 Å². The molecule has 0 atom stereocenters. The molecule has 1 aromatic rings. The van der Waals surface area contributed by atoms with E-state index in [1.54, 1.807) is 0 Å². The SMILES string of the molecule is COC(=O)c1coc(C(C)=O)c(OC)c1=O. The highest BCUT2D eigenvalue weighted by atomic mass is 16.5. The molecule has 0 saturated heterocycles. The van der Waals surface area contributed by atoms with Crippen molar-refractivity contribution >= 4 is 11.8 Å². The Bertz CT molecular complexity index is 485. The molecule has 0 aromatic carbocycles. The zero-order valence-corrected chi connectivity index (χ0v) is 9.03. The quantitative estimate of drug-likeness (QED) is 0.555. The molecule has 1 heterocycles. The van der Waals surface area contributed by atoms with Gasteiger partial charge in [0.15, 0.2) is 5.78 Å². The van der Waals surface area contributed by atoms with E-state index >= 15 is 0 Å². The van der Waals surface area contributed by atoms with Crippen molar-refractivity contribution in [1.29, 1.82) is 0 Å². The van der Waals surface area contributed by atoms with Gasteiger partial charge in [0.1, 0.15) is 11.8 Å². The van der Waals surface area contributed by atoms with Gasteiger partial charge in [-0.15, -0.1) is 0 Å². The number of ketones is 1. The molecule has 0 bridgehead atoms. The van der Waals surface area contributed by atoms with Crippen LogP contribution in [0.4, 0.5) is 0 Å². The van der Waals surface area contributed by atoms with Gasteiger partial charge in [0.25, 0.3) is 0 Å². The van der Waals surface area contributed by atoms with E-state index in [1.165, 1.54) is 14.0 Å². The fraction of sp³-hybridized carbons (Fsp3) is 0.300. The van der Waals surface area contributed by atoms with Gasteiger partial charge in [-0.3, -0.25) is 9.59 Å². The van der Waals surface area contributed by atoms with Gasteiger partial charge in [-0.1, -0.05) is 0 Å². The molecule has 0 spiro atoms. The average molecular weight is 226 g/mol. The van der Waals surface area contributed by atoms with E-state index < -0.39 is 17.2 Å². The molecule has 0 fully saturated rings. The maximum Gasteiger partial charge on any atom is 0.345 e. The van der Waals surface area contributed by atoms with Crippen molar-refractivity contribution in [1.82, 2.24) is 0 Å². The molecule has 0 aliphatic rings. The van der Waals surface area contributed by atoms with Crippen LogP contribution in [0.15, 0.2) is 15.5 Å². The van der Waals surface area contributed by atoms with Crippen LogP contribution in [0.2, 0.25) is 0 Å². The molecule has 0 amide bonds. The van der Waals surface area contributed by atoms with Crippen LogP contribution in [0.1, 0.15) is 27.8 Å². The number of carbonyl (C=O) groups excluding carboxylic acids is 2. The largest absolute Gasteiger partial charge is 0.489 e. The van der Waals surface area contributed by atoms with Gasteiger partial charge < -0.3 is 13.9 Å². The number of Topliss-reactive ketones (excluding diaryl/α,β-unsaturated/α-hetero) is 1. The lowest BCUT2D eigenvalue weighted by atomic mass is 10.2. The van der Waals surface area contributed by atoms with E-state index in [0.717, 1.165) is 13.4 Å². The first-order chi connectivity index (χ1) is 7.52. The second-order valence-corrected chi connectivity index (χ2v) is 2.89. The van der Waals surface area contributed by atoms with Crippen molar-refractivity contribution in [2.45, 2.75) is 6.92 Å². The Hall–Kier alpha value is -2.11. The summed E-state index contributed by atoms with van der Waals surface area (Å²) in [5, 5.41) is 0. The minimum atomic E-state index is -0.845. The minimum absolute atomic E-state index is 0.222. The number of ether oxygens (including phenoxy) is 2. The predicted molar refractivity (Wildman–Crippen MR) is 52.9 cm³/mol. The normalized spacial score (nSPS) is 9.69. The van der Waals surface area contributed by atoms with Crippen molar-refractivity contribution in [3.05, 3.63) is 27.8 Å². The fourth-order valence-electron chi connectivity index (χ4n) is 1.13. The van der Waals surface area contributed by atoms with E-state index in [4.69, 9.17) is 9.15 Å². The molecular weight excluding hydrogens is 216 g/mol. The highest BCUT2D eigenvalue weighted by Gasteiger charge is 2.21. The highest BCUT2D eigenvalue weighted by Crippen LogP contribution is 2.15. The summed E-state index contributed by atoms with van der Waals surface area (Å²) in [5.74, 6) is -1.83. The van der Waals surface area contributed by atoms with Crippen molar-refractivity contribution in [3.8, 4) is 5.75 Å². The summed E-state index contributed by atoms with van der Waals surface area (Å²) in [6, 6.07) is 0. The molecule has 6 heteroatoms. The van der Waals surface area contributed by atoms with Crippen molar-refractivity contribution in [2.75, 3.05) is 14.2 Å². The smallest absolute Gasteiger partial charge is 0.345 e. The maximum absolute atomic E-state index is 11.7. The highest BCUT2D eigenvalue weighted by molar-refractivity contribution is 5.95. The summed E-state index contributed by atoms with van der Waals surface area (Å²) in [6.07, 6.45) is 0.882. The first kappa shape index (κ1) is 12.0. The Morgan fingerprint density at radius 2 is 1.94 bits per heavy atom. The number of methoxy groups -OCH3 is 2. The van der Waals surface area contributed by atoms with Crippen LogP contribution >= 0.6 is 0 Å². The molecule has 0 saturated carbocycles. The summed E-state index contributed by atoms with van der Waals surface area (Å²) in [4.78, 5) is 33.9. The lowest BCUT2D eigenvalue weighted by Crippen LogP contribution is -2.19. The molecule has 0 radical (unpaired) electrons. The van der Waals surface area contributed by atoms with Crippen LogP contribution in [0.5, 0.6) is 5.75 Å². The van der Waals surface area contributed by atoms with Gasteiger partial charge in [0.05, 0.1) is 14.2 Å². The van der Waals surface area contributed by atoms with Gasteiger partial charge in [-0.2, -0.15) is 0 Å². The van der Waals surface area contributed by atoms with Crippen molar-refractivity contribution in [2.24, 2.45) is 0 Å². The van der Waals surface area contributed by atoms with E-state index in [1.807, 2.05) is 0 Å². The van der Waals surface area contributed by atoms with Crippen LogP contribution in [0.25, 0.3) is 0 Å². The summed E-state index contributed by atoms with van der Waals surface area (Å²) in [6.45, 7) is 1.22. The molecule has 6 nitrogen and oxygen atoms in total. The third-order valence-electron chi connectivity index (χ3n) is 1.88. The third-order valence-corrected chi connectivity index (χ3v) is 1.88. The Labute approximate surface area is 90.8 Å². The van der Waals surface area contributed by atoms with E-state index in [0.29, 0.717) is 0 Å². The Kier molecular flexibility index (Phi) is 3.44. The summed E-state index contributed by atoms with van der Waals surface area (Å²) >= 11 is 0. The summed E-state index contributed by atoms with van der Waals surface area (Å²) < 4.78 is 14.0. The van der Waals surface area contributed by atoms with Gasteiger partial charge in [0.2, 0.25) is 16.9 Å². The lowest BCUT2D eigenvalue weighted by molar-refractivity contribution is 0.0594. The molecule has 1 rings (SSSR count). The van der Waals surface area contributed by atoms with Crippen molar-refractivity contribution in [3.63, 3.8) is 0 Å². The molecule has 1 aromatic heterocycles. The van der Waals surface area contributed by atoms with Crippen LogP contribution < -0.4 is 10.2 Å². The second-order valence-electron chi connectivity index (χ2n) is 2.89. The molecule has 0 N–H and O–H groups in total. The Morgan fingerprint density at radius 1 is 1.31 bits per heavy atom. The monoisotopic (exact) mass is 226 g/mol. The van der Waals surface area contributed by atoms with Crippen molar-refractivity contribution < 1.29 is 23.5 Å². The van der Waals surface area contributed by atoms with E-state index in [2.05, 4.69) is 4.74 Å². The number of esters is 1. The van der Waals surface area contributed by atoms with Gasteiger partial charge in [-0.05, 0) is 0 Å². The second kappa shape index (κ2) is 4.61. The molecular formula is C10H10O6. The molecule has 86 valence electrons. The summed E-state index contributed by atoms with van der Waals surface area (Å²) in [5.41, 5.74) is -1.05. The van der Waals surface area contributed by atoms with Gasteiger partial charge in [0, 0.05) is 6.92 Å². The van der Waals surface area contributed by atoms with Gasteiger partial charge in [-0.25, -0.2) is 4.79 Å². The minimum Gasteiger partial charge on any atom is -0.489 e. The molecule has 16 heavy (non-hydrogen) atoms. The number of hydrogen-bond acceptors (Lipinski definition) is 6. The molecule has 0 unspecified atom stereocenters. The third kappa shape index (κ3) is 1.95. The zero-order valence-electron chi connectivity index (χ0n) is 9.03. The lowest BCUT2D eigenvalue weighted by Gasteiger charge is -2.05. The average Bonchev–Trinajstić information content (AvgIpc) is 2.27. The predicted octanol–water partition coefficient (Wildman–Crippen LogP) is 0.638. The first-order valence-corrected chi connectivity index (χ1v) is 4.32. The first-order valence-electron chi connectivity index (χ1n) is 4.32. The van der Waals surface area contributed by atoms with E-state index in [9.17, 15) is 14.4 Å². The van der Waals surface area contributed by atoms with Crippen LogP contribution in [-0.2, 0) is 4.74 Å². The zero-order chi connectivity index (χ0) is 12.3. The Morgan fingerprint density at radius 3 is 2.38 bits per heavy atom. The summed E-state index contributed by atoms with van der Waals surface area (Å²) in [7, 11) is 2.34.